The van der Waals surface area contributed by atoms with Crippen LogP contribution in [0.2, 0.25) is 0 Å². The first-order valence-electron chi connectivity index (χ1n) is 8.23. The summed E-state index contributed by atoms with van der Waals surface area (Å²) in [5, 5.41) is 3.33. The van der Waals surface area contributed by atoms with Crippen LogP contribution in [-0.2, 0) is 6.42 Å². The molecule has 0 saturated carbocycles. The first kappa shape index (κ1) is 18.0. The number of benzene rings is 1. The number of thiazole rings is 1. The number of ether oxygens (including phenoxy) is 2. The SMILES string of the molecule is CCCc1sc(NC(=O)c2ccco2)nc1-c1ccc(OC)cc1OC. The van der Waals surface area contributed by atoms with Crippen LogP contribution in [0.15, 0.2) is 41.0 Å². The summed E-state index contributed by atoms with van der Waals surface area (Å²) in [4.78, 5) is 17.9. The summed E-state index contributed by atoms with van der Waals surface area (Å²) in [6.07, 6.45) is 3.30. The maximum atomic E-state index is 12.2. The Labute approximate surface area is 155 Å². The Hall–Kier alpha value is -2.80. The molecule has 0 aliphatic carbocycles. The summed E-state index contributed by atoms with van der Waals surface area (Å²) in [6, 6.07) is 8.90. The molecule has 0 atom stereocenters. The zero-order chi connectivity index (χ0) is 18.5. The molecule has 0 spiro atoms. The van der Waals surface area contributed by atoms with Gasteiger partial charge in [-0.2, -0.15) is 0 Å². The highest BCUT2D eigenvalue weighted by atomic mass is 32.1. The summed E-state index contributed by atoms with van der Waals surface area (Å²) >= 11 is 1.46. The minimum Gasteiger partial charge on any atom is -0.497 e. The number of amides is 1. The van der Waals surface area contributed by atoms with E-state index in [4.69, 9.17) is 13.9 Å². The molecule has 3 aromatic rings. The van der Waals surface area contributed by atoms with Crippen LogP contribution in [0.1, 0.15) is 28.8 Å². The topological polar surface area (TPSA) is 73.6 Å². The molecule has 0 radical (unpaired) electrons. The van der Waals surface area contributed by atoms with Gasteiger partial charge < -0.3 is 13.9 Å². The smallest absolute Gasteiger partial charge is 0.293 e. The van der Waals surface area contributed by atoms with Gasteiger partial charge in [0.2, 0.25) is 0 Å². The first-order chi connectivity index (χ1) is 12.7. The average Bonchev–Trinajstić information content (AvgIpc) is 3.32. The Morgan fingerprint density at radius 3 is 2.77 bits per heavy atom. The molecular formula is C19H20N2O4S. The molecule has 6 nitrogen and oxygen atoms in total. The Morgan fingerprint density at radius 2 is 2.12 bits per heavy atom. The fourth-order valence-electron chi connectivity index (χ4n) is 2.57. The summed E-state index contributed by atoms with van der Waals surface area (Å²) in [6.45, 7) is 2.11. The lowest BCUT2D eigenvalue weighted by molar-refractivity contribution is 0.0996. The fraction of sp³-hybridized carbons (Fsp3) is 0.263. The van der Waals surface area contributed by atoms with Gasteiger partial charge in [0.25, 0.3) is 5.91 Å². The van der Waals surface area contributed by atoms with Gasteiger partial charge in [-0.15, -0.1) is 11.3 Å². The molecule has 26 heavy (non-hydrogen) atoms. The Balaban J connectivity index is 1.96. The van der Waals surface area contributed by atoms with Gasteiger partial charge in [0.1, 0.15) is 11.5 Å². The van der Waals surface area contributed by atoms with Crippen LogP contribution in [0.5, 0.6) is 11.5 Å². The highest BCUT2D eigenvalue weighted by Gasteiger charge is 2.19. The average molecular weight is 372 g/mol. The molecule has 3 rings (SSSR count). The van der Waals surface area contributed by atoms with Crippen molar-refractivity contribution in [2.24, 2.45) is 0 Å². The number of carbonyl (C=O) groups excluding carboxylic acids is 1. The number of methoxy groups -OCH3 is 2. The van der Waals surface area contributed by atoms with E-state index < -0.39 is 0 Å². The van der Waals surface area contributed by atoms with Crippen molar-refractivity contribution in [2.45, 2.75) is 19.8 Å². The second kappa shape index (κ2) is 8.05. The molecule has 2 heterocycles. The van der Waals surface area contributed by atoms with Gasteiger partial charge in [0.05, 0.1) is 26.2 Å². The van der Waals surface area contributed by atoms with Crippen LogP contribution in [0, 0.1) is 0 Å². The number of furan rings is 1. The predicted octanol–water partition coefficient (Wildman–Crippen LogP) is 4.63. The Morgan fingerprint density at radius 1 is 1.27 bits per heavy atom. The summed E-state index contributed by atoms with van der Waals surface area (Å²) in [7, 11) is 3.23. The third kappa shape index (κ3) is 3.72. The number of hydrogen-bond acceptors (Lipinski definition) is 6. The summed E-state index contributed by atoms with van der Waals surface area (Å²) < 4.78 is 15.9. The lowest BCUT2D eigenvalue weighted by Gasteiger charge is -2.10. The quantitative estimate of drug-likeness (QED) is 0.655. The van der Waals surface area contributed by atoms with Crippen LogP contribution in [0.4, 0.5) is 5.13 Å². The third-order valence-corrected chi connectivity index (χ3v) is 4.83. The van der Waals surface area contributed by atoms with Gasteiger partial charge in [0, 0.05) is 16.5 Å². The van der Waals surface area contributed by atoms with Crippen molar-refractivity contribution < 1.29 is 18.7 Å². The van der Waals surface area contributed by atoms with Gasteiger partial charge in [0.15, 0.2) is 10.9 Å². The van der Waals surface area contributed by atoms with Crippen LogP contribution >= 0.6 is 11.3 Å². The number of aryl methyl sites for hydroxylation is 1. The molecule has 1 aromatic carbocycles. The van der Waals surface area contributed by atoms with Crippen molar-refractivity contribution in [3.05, 3.63) is 47.2 Å². The van der Waals surface area contributed by atoms with Crippen LogP contribution < -0.4 is 14.8 Å². The Bertz CT molecular complexity index is 887. The van der Waals surface area contributed by atoms with E-state index in [9.17, 15) is 4.79 Å². The third-order valence-electron chi connectivity index (χ3n) is 3.80. The predicted molar refractivity (Wildman–Crippen MR) is 101 cm³/mol. The molecular weight excluding hydrogens is 352 g/mol. The summed E-state index contributed by atoms with van der Waals surface area (Å²) in [5.74, 6) is 1.32. The molecule has 0 saturated heterocycles. The van der Waals surface area contributed by atoms with E-state index in [1.165, 1.54) is 17.6 Å². The monoisotopic (exact) mass is 372 g/mol. The van der Waals surface area contributed by atoms with Crippen molar-refractivity contribution in [2.75, 3.05) is 19.5 Å². The van der Waals surface area contributed by atoms with Crippen molar-refractivity contribution >= 4 is 22.4 Å². The van der Waals surface area contributed by atoms with Crippen LogP contribution in [-0.4, -0.2) is 25.1 Å². The van der Waals surface area contributed by atoms with Gasteiger partial charge in [-0.25, -0.2) is 4.98 Å². The molecule has 0 aliphatic rings. The van der Waals surface area contributed by atoms with Crippen molar-refractivity contribution in [3.8, 4) is 22.8 Å². The molecule has 0 aliphatic heterocycles. The zero-order valence-corrected chi connectivity index (χ0v) is 15.7. The van der Waals surface area contributed by atoms with Gasteiger partial charge in [-0.05, 0) is 30.7 Å². The largest absolute Gasteiger partial charge is 0.497 e. The lowest BCUT2D eigenvalue weighted by Crippen LogP contribution is -2.10. The van der Waals surface area contributed by atoms with Gasteiger partial charge in [-0.1, -0.05) is 13.3 Å². The van der Waals surface area contributed by atoms with Crippen molar-refractivity contribution in [1.82, 2.24) is 4.98 Å². The number of carbonyl (C=O) groups is 1. The van der Waals surface area contributed by atoms with Crippen molar-refractivity contribution in [1.29, 1.82) is 0 Å². The van der Waals surface area contributed by atoms with E-state index >= 15 is 0 Å². The van der Waals surface area contributed by atoms with E-state index in [0.717, 1.165) is 29.0 Å². The number of nitrogens with one attached hydrogen (secondary N) is 1. The van der Waals surface area contributed by atoms with Gasteiger partial charge >= 0.3 is 0 Å². The normalized spacial score (nSPS) is 10.6. The zero-order valence-electron chi connectivity index (χ0n) is 14.9. The maximum absolute atomic E-state index is 12.2. The van der Waals surface area contributed by atoms with Gasteiger partial charge in [-0.3, -0.25) is 10.1 Å². The molecule has 0 fully saturated rings. The molecule has 7 heteroatoms. The van der Waals surface area contributed by atoms with E-state index in [1.54, 1.807) is 26.4 Å². The Kier molecular flexibility index (Phi) is 5.58. The second-order valence-electron chi connectivity index (χ2n) is 5.54. The fourth-order valence-corrected chi connectivity index (χ4v) is 3.65. The van der Waals surface area contributed by atoms with Crippen LogP contribution in [0.25, 0.3) is 11.3 Å². The molecule has 1 amide bonds. The number of hydrogen-bond donors (Lipinski definition) is 1. The second-order valence-corrected chi connectivity index (χ2v) is 6.62. The van der Waals surface area contributed by atoms with Crippen molar-refractivity contribution in [3.63, 3.8) is 0 Å². The van der Waals surface area contributed by atoms with E-state index in [1.807, 2.05) is 18.2 Å². The first-order valence-corrected chi connectivity index (χ1v) is 9.04. The maximum Gasteiger partial charge on any atom is 0.293 e. The number of aromatic nitrogens is 1. The highest BCUT2D eigenvalue weighted by Crippen LogP contribution is 2.38. The minimum absolute atomic E-state index is 0.251. The molecule has 0 unspecified atom stereocenters. The number of anilines is 1. The highest BCUT2D eigenvalue weighted by molar-refractivity contribution is 7.16. The molecule has 0 bridgehead atoms. The summed E-state index contributed by atoms with van der Waals surface area (Å²) in [5.41, 5.74) is 1.68. The molecule has 136 valence electrons. The van der Waals surface area contributed by atoms with E-state index in [2.05, 4.69) is 17.2 Å². The lowest BCUT2D eigenvalue weighted by atomic mass is 10.1. The molecule has 2 aromatic heterocycles. The molecule has 1 N–H and O–H groups in total. The number of rotatable bonds is 7. The van der Waals surface area contributed by atoms with E-state index in [-0.39, 0.29) is 11.7 Å². The van der Waals surface area contributed by atoms with E-state index in [0.29, 0.717) is 16.6 Å². The standard InChI is InChI=1S/C19H20N2O4S/c1-4-6-16-17(13-9-8-12(23-2)11-15(13)24-3)20-19(26-16)21-18(22)14-7-5-10-25-14/h5,7-11H,4,6H2,1-3H3,(H,20,21,22). The number of nitrogens with zero attached hydrogens (tertiary/aromatic N) is 1. The van der Waals surface area contributed by atoms with Crippen LogP contribution in [0.3, 0.4) is 0 Å². The minimum atomic E-state index is -0.319.